The summed E-state index contributed by atoms with van der Waals surface area (Å²) in [4.78, 5) is 17.4. The first kappa shape index (κ1) is 15.0. The second kappa shape index (κ2) is 5.91. The van der Waals surface area contributed by atoms with Crippen molar-refractivity contribution in [2.24, 2.45) is 0 Å². The summed E-state index contributed by atoms with van der Waals surface area (Å²) in [7, 11) is 1.71. The van der Waals surface area contributed by atoms with Crippen LogP contribution in [0.2, 0.25) is 0 Å². The summed E-state index contributed by atoms with van der Waals surface area (Å²) in [6.45, 7) is 3.79. The summed E-state index contributed by atoms with van der Waals surface area (Å²) >= 11 is 0. The molecule has 2 rings (SSSR count). The molecule has 0 aliphatic heterocycles. The Morgan fingerprint density at radius 3 is 2.62 bits per heavy atom. The van der Waals surface area contributed by atoms with E-state index in [9.17, 15) is 14.3 Å². The molecule has 0 amide bonds. The molecule has 5 heteroatoms. The molecule has 4 nitrogen and oxygen atoms in total. The highest BCUT2D eigenvalue weighted by molar-refractivity contribution is 5.95. The summed E-state index contributed by atoms with van der Waals surface area (Å²) in [5.74, 6) is -0.996. The molecule has 1 N–H and O–H groups in total. The number of aromatic nitrogens is 1. The van der Waals surface area contributed by atoms with Crippen molar-refractivity contribution < 1.29 is 14.3 Å². The molecule has 1 aromatic carbocycles. The summed E-state index contributed by atoms with van der Waals surface area (Å²) in [6, 6.07) is 8.16. The summed E-state index contributed by atoms with van der Waals surface area (Å²) < 4.78 is 13.7. The molecule has 0 radical (unpaired) electrons. The molecule has 0 saturated heterocycles. The fraction of sp³-hybridized carbons (Fsp3) is 0.250. The third-order valence-corrected chi connectivity index (χ3v) is 3.27. The van der Waals surface area contributed by atoms with Crippen molar-refractivity contribution in [3.8, 4) is 0 Å². The van der Waals surface area contributed by atoms with Gasteiger partial charge >= 0.3 is 5.97 Å². The maximum absolute atomic E-state index is 13.7. The predicted octanol–water partition coefficient (Wildman–Crippen LogP) is 3.17. The summed E-state index contributed by atoms with van der Waals surface area (Å²) in [5, 5.41) is 9.37. The second-order valence-electron chi connectivity index (χ2n) is 5.03. The van der Waals surface area contributed by atoms with E-state index in [0.29, 0.717) is 16.9 Å². The first-order valence-electron chi connectivity index (χ1n) is 6.56. The van der Waals surface area contributed by atoms with Crippen molar-refractivity contribution >= 4 is 11.8 Å². The number of halogens is 1. The number of carboxylic acids is 1. The zero-order valence-electron chi connectivity index (χ0n) is 12.2. The normalized spacial score (nSPS) is 10.5. The van der Waals surface area contributed by atoms with Crippen LogP contribution in [0.15, 0.2) is 30.3 Å². The van der Waals surface area contributed by atoms with Gasteiger partial charge in [0.2, 0.25) is 0 Å². The van der Waals surface area contributed by atoms with Crippen LogP contribution in [-0.2, 0) is 6.54 Å². The first-order valence-corrected chi connectivity index (χ1v) is 6.56. The van der Waals surface area contributed by atoms with Crippen LogP contribution in [0.4, 0.5) is 10.2 Å². The highest BCUT2D eigenvalue weighted by Gasteiger charge is 2.19. The van der Waals surface area contributed by atoms with Crippen molar-refractivity contribution in [1.29, 1.82) is 0 Å². The lowest BCUT2D eigenvalue weighted by molar-refractivity contribution is 0.0696. The number of carbonyl (C=O) groups is 1. The van der Waals surface area contributed by atoms with Crippen molar-refractivity contribution in [3.05, 3.63) is 58.5 Å². The minimum atomic E-state index is -1.03. The third kappa shape index (κ3) is 3.18. The van der Waals surface area contributed by atoms with Gasteiger partial charge in [0, 0.05) is 24.8 Å². The molecule has 0 saturated carbocycles. The number of aromatic carboxylic acids is 1. The van der Waals surface area contributed by atoms with Gasteiger partial charge in [-0.3, -0.25) is 0 Å². The highest BCUT2D eigenvalue weighted by Crippen LogP contribution is 2.23. The van der Waals surface area contributed by atoms with Crippen molar-refractivity contribution in [2.45, 2.75) is 20.4 Å². The van der Waals surface area contributed by atoms with Crippen LogP contribution < -0.4 is 4.90 Å². The van der Waals surface area contributed by atoms with Gasteiger partial charge in [0.25, 0.3) is 0 Å². The molecule has 0 bridgehead atoms. The van der Waals surface area contributed by atoms with Gasteiger partial charge in [-0.05, 0) is 31.5 Å². The van der Waals surface area contributed by atoms with Crippen LogP contribution in [0.3, 0.4) is 0 Å². The number of nitrogens with zero attached hydrogens (tertiary/aromatic N) is 2. The van der Waals surface area contributed by atoms with E-state index in [-0.39, 0.29) is 17.9 Å². The molecule has 0 aliphatic carbocycles. The number of carboxylic acid groups (broad SMARTS) is 1. The highest BCUT2D eigenvalue weighted by atomic mass is 19.1. The Labute approximate surface area is 122 Å². The number of hydrogen-bond acceptors (Lipinski definition) is 3. The average Bonchev–Trinajstić information content (AvgIpc) is 2.39. The quantitative estimate of drug-likeness (QED) is 0.939. The lowest BCUT2D eigenvalue weighted by Crippen LogP contribution is -2.22. The van der Waals surface area contributed by atoms with Crippen LogP contribution >= 0.6 is 0 Å². The van der Waals surface area contributed by atoms with E-state index in [2.05, 4.69) is 4.98 Å². The summed E-state index contributed by atoms with van der Waals surface area (Å²) in [5.41, 5.74) is 2.02. The van der Waals surface area contributed by atoms with Gasteiger partial charge in [-0.15, -0.1) is 0 Å². The number of pyridine rings is 1. The van der Waals surface area contributed by atoms with Gasteiger partial charge in [0.05, 0.1) is 0 Å². The smallest absolute Gasteiger partial charge is 0.339 e. The maximum atomic E-state index is 13.7. The fourth-order valence-corrected chi connectivity index (χ4v) is 2.31. The van der Waals surface area contributed by atoms with E-state index in [1.54, 1.807) is 50.1 Å². The molecular weight excluding hydrogens is 271 g/mol. The molecule has 0 fully saturated rings. The lowest BCUT2D eigenvalue weighted by Gasteiger charge is -2.22. The van der Waals surface area contributed by atoms with E-state index in [1.807, 2.05) is 0 Å². The number of rotatable bonds is 4. The Hall–Kier alpha value is -2.43. The number of anilines is 1. The van der Waals surface area contributed by atoms with Crippen LogP contribution in [0, 0.1) is 19.7 Å². The molecule has 0 spiro atoms. The van der Waals surface area contributed by atoms with Gasteiger partial charge < -0.3 is 10.0 Å². The maximum Gasteiger partial charge on any atom is 0.339 e. The number of benzene rings is 1. The Kier molecular flexibility index (Phi) is 4.21. The van der Waals surface area contributed by atoms with Crippen molar-refractivity contribution in [3.63, 3.8) is 0 Å². The van der Waals surface area contributed by atoms with Crippen molar-refractivity contribution in [1.82, 2.24) is 4.98 Å². The SMILES string of the molecule is Cc1cc(C)c(C(=O)O)c(N(C)Cc2ccccc2F)n1. The zero-order chi connectivity index (χ0) is 15.6. The van der Waals surface area contributed by atoms with Gasteiger partial charge in [0.15, 0.2) is 0 Å². The topological polar surface area (TPSA) is 53.4 Å². The molecule has 1 heterocycles. The van der Waals surface area contributed by atoms with Crippen LogP contribution in [-0.4, -0.2) is 23.1 Å². The number of aryl methyl sites for hydroxylation is 2. The summed E-state index contributed by atoms with van der Waals surface area (Å²) in [6.07, 6.45) is 0. The van der Waals surface area contributed by atoms with Gasteiger partial charge in [-0.2, -0.15) is 0 Å². The van der Waals surface area contributed by atoms with Crippen LogP contribution in [0.1, 0.15) is 27.2 Å². The average molecular weight is 288 g/mol. The first-order chi connectivity index (χ1) is 9.90. The van der Waals surface area contributed by atoms with E-state index >= 15 is 0 Å². The molecule has 0 unspecified atom stereocenters. The molecule has 110 valence electrons. The van der Waals surface area contributed by atoms with Crippen molar-refractivity contribution in [2.75, 3.05) is 11.9 Å². The van der Waals surface area contributed by atoms with E-state index in [1.165, 1.54) is 6.07 Å². The monoisotopic (exact) mass is 288 g/mol. The van der Waals surface area contributed by atoms with E-state index in [0.717, 1.165) is 5.69 Å². The largest absolute Gasteiger partial charge is 0.478 e. The van der Waals surface area contributed by atoms with E-state index in [4.69, 9.17) is 0 Å². The Morgan fingerprint density at radius 1 is 1.33 bits per heavy atom. The molecule has 0 atom stereocenters. The second-order valence-corrected chi connectivity index (χ2v) is 5.03. The minimum absolute atomic E-state index is 0.152. The molecule has 21 heavy (non-hydrogen) atoms. The van der Waals surface area contributed by atoms with E-state index < -0.39 is 5.97 Å². The Balaban J connectivity index is 2.41. The van der Waals surface area contributed by atoms with Gasteiger partial charge in [-0.25, -0.2) is 14.2 Å². The molecular formula is C16H17FN2O2. The number of hydrogen-bond donors (Lipinski definition) is 1. The third-order valence-electron chi connectivity index (χ3n) is 3.27. The fourth-order valence-electron chi connectivity index (χ4n) is 2.31. The molecule has 2 aromatic rings. The van der Waals surface area contributed by atoms with Gasteiger partial charge in [0.1, 0.15) is 17.2 Å². The molecule has 0 aliphatic rings. The zero-order valence-corrected chi connectivity index (χ0v) is 12.2. The Bertz CT molecular complexity index is 686. The Morgan fingerprint density at radius 2 is 2.00 bits per heavy atom. The predicted molar refractivity (Wildman–Crippen MR) is 79.2 cm³/mol. The lowest BCUT2D eigenvalue weighted by atomic mass is 10.1. The van der Waals surface area contributed by atoms with Gasteiger partial charge in [-0.1, -0.05) is 18.2 Å². The van der Waals surface area contributed by atoms with Crippen LogP contribution in [0.5, 0.6) is 0 Å². The van der Waals surface area contributed by atoms with Crippen LogP contribution in [0.25, 0.3) is 0 Å². The minimum Gasteiger partial charge on any atom is -0.478 e. The molecule has 1 aromatic heterocycles. The standard InChI is InChI=1S/C16H17FN2O2/c1-10-8-11(2)18-15(14(10)16(20)21)19(3)9-12-6-4-5-7-13(12)17/h4-8H,9H2,1-3H3,(H,20,21).